The van der Waals surface area contributed by atoms with E-state index in [1.165, 1.54) is 16.2 Å². The van der Waals surface area contributed by atoms with Gasteiger partial charge in [-0.1, -0.05) is 50.1 Å². The maximum atomic E-state index is 14.9. The molecule has 5 atom stereocenters. The summed E-state index contributed by atoms with van der Waals surface area (Å²) in [6, 6.07) is 11.5. The van der Waals surface area contributed by atoms with Crippen molar-refractivity contribution in [1.29, 1.82) is 0 Å². The van der Waals surface area contributed by atoms with E-state index in [1.807, 2.05) is 85.3 Å². The van der Waals surface area contributed by atoms with E-state index in [1.54, 1.807) is 34.8 Å². The Morgan fingerprint density at radius 3 is 2.45 bits per heavy atom. The van der Waals surface area contributed by atoms with Gasteiger partial charge in [-0.15, -0.1) is 11.3 Å². The number of thiazole rings is 1. The Morgan fingerprint density at radius 2 is 1.74 bits per heavy atom. The lowest BCUT2D eigenvalue weighted by Gasteiger charge is -2.31. The van der Waals surface area contributed by atoms with Crippen LogP contribution in [-0.2, 0) is 29.1 Å². The topological polar surface area (TPSA) is 200 Å². The summed E-state index contributed by atoms with van der Waals surface area (Å²) in [6.45, 7) is 12.6. The number of allylic oxidation sites excluding steroid dienone is 1. The Labute approximate surface area is 390 Å². The Kier molecular flexibility index (Phi) is 12.6. The van der Waals surface area contributed by atoms with E-state index in [2.05, 4.69) is 15.4 Å². The van der Waals surface area contributed by atoms with E-state index in [9.17, 15) is 27.6 Å². The van der Waals surface area contributed by atoms with E-state index in [-0.39, 0.29) is 31.4 Å². The third-order valence-corrected chi connectivity index (χ3v) is 16.4. The SMILES string of the molecule is COc1ccccc1-c1csc(-c2cccc3c2nc(OC2CC4C(=O)NC5(C(=O)NS(=O)(=O)C6(C)CC6)CC5(C)C=CCCCCCC(NC(=O)OC(C)(C)C)C(=O)N4C2)n3C(C)C)n1. The standard InChI is InChI=1S/C48H61N7O9S2/c1-29(2)55-35-20-16-18-32(40-49-34(27-65-40)31-17-13-14-21-37(31)62-8)38(35)51-43(55)63-30-25-36-39(56)52-48(42(58)53-66(60,61)47(7)23-24-47)28-46(48,6)22-15-11-9-10-12-19-33(41(57)54(36)26-30)50-44(59)64-45(3,4)5/h13-18,20-22,27,29-30,33,36H,9-12,19,23-26,28H2,1-8H3,(H,50,59)(H,52,56)(H,53,58). The van der Waals surface area contributed by atoms with Gasteiger partial charge in [0.15, 0.2) is 0 Å². The highest BCUT2D eigenvalue weighted by Crippen LogP contribution is 2.58. The molecule has 0 bridgehead atoms. The van der Waals surface area contributed by atoms with Crippen LogP contribution in [0.5, 0.6) is 11.8 Å². The molecule has 4 amide bonds. The molecule has 1 saturated heterocycles. The number of fused-ring (bicyclic) bond motifs is 3. The average molecular weight is 944 g/mol. The first kappa shape index (κ1) is 47.0. The number of nitrogens with one attached hydrogen (secondary N) is 3. The molecule has 2 aliphatic carbocycles. The van der Waals surface area contributed by atoms with Crippen LogP contribution in [0.4, 0.5) is 4.79 Å². The zero-order valence-corrected chi connectivity index (χ0v) is 40.6. The predicted octanol–water partition coefficient (Wildman–Crippen LogP) is 7.44. The van der Waals surface area contributed by atoms with Crippen LogP contribution in [0.3, 0.4) is 0 Å². The monoisotopic (exact) mass is 943 g/mol. The van der Waals surface area contributed by atoms with Gasteiger partial charge < -0.3 is 29.7 Å². The van der Waals surface area contributed by atoms with Gasteiger partial charge in [0.25, 0.3) is 11.9 Å². The highest BCUT2D eigenvalue weighted by molar-refractivity contribution is 7.91. The third kappa shape index (κ3) is 9.14. The van der Waals surface area contributed by atoms with Crippen LogP contribution < -0.4 is 24.8 Å². The second kappa shape index (κ2) is 17.6. The molecule has 66 heavy (non-hydrogen) atoms. The molecule has 4 aromatic rings. The van der Waals surface area contributed by atoms with Crippen LogP contribution in [0.1, 0.15) is 112 Å². The Bertz CT molecular complexity index is 2680. The maximum Gasteiger partial charge on any atom is 0.408 e. The van der Waals surface area contributed by atoms with E-state index in [0.29, 0.717) is 43.4 Å². The van der Waals surface area contributed by atoms with Crippen molar-refractivity contribution in [1.82, 2.24) is 34.8 Å². The number of imidazole rings is 1. The molecule has 2 aromatic carbocycles. The summed E-state index contributed by atoms with van der Waals surface area (Å²) < 4.78 is 48.0. The fraction of sp³-hybridized carbons (Fsp3) is 0.542. The minimum atomic E-state index is -4.05. The van der Waals surface area contributed by atoms with Crippen LogP contribution in [0.15, 0.2) is 60.0 Å². The molecule has 2 aliphatic heterocycles. The zero-order valence-electron chi connectivity index (χ0n) is 38.9. The van der Waals surface area contributed by atoms with Gasteiger partial charge in [-0.3, -0.25) is 23.7 Å². The van der Waals surface area contributed by atoms with Crippen molar-refractivity contribution >= 4 is 56.2 Å². The summed E-state index contributed by atoms with van der Waals surface area (Å²) in [5.74, 6) is -1.25. The number of methoxy groups -OCH3 is 1. The second-order valence-corrected chi connectivity index (χ2v) is 22.9. The number of hydrogen-bond donors (Lipinski definition) is 3. The molecule has 3 N–H and O–H groups in total. The number of rotatable bonds is 10. The number of nitrogens with zero attached hydrogens (tertiary/aromatic N) is 4. The van der Waals surface area contributed by atoms with Gasteiger partial charge in [0.05, 0.1) is 29.6 Å². The lowest BCUT2D eigenvalue weighted by molar-refractivity contribution is -0.141. The number of hydrogen-bond acceptors (Lipinski definition) is 12. The maximum absolute atomic E-state index is 14.9. The number of amides is 4. The lowest BCUT2D eigenvalue weighted by Crippen LogP contribution is -2.59. The minimum absolute atomic E-state index is 0.0141. The molecular formula is C48H61N7O9S2. The van der Waals surface area contributed by atoms with E-state index < -0.39 is 73.3 Å². The molecule has 2 aromatic heterocycles. The molecule has 16 nitrogen and oxygen atoms in total. The highest BCUT2D eigenvalue weighted by Gasteiger charge is 2.70. The molecular weight excluding hydrogens is 883 g/mol. The summed E-state index contributed by atoms with van der Waals surface area (Å²) in [4.78, 5) is 68.7. The first-order valence-electron chi connectivity index (χ1n) is 22.8. The van der Waals surface area contributed by atoms with Gasteiger partial charge >= 0.3 is 6.09 Å². The Hall–Kier alpha value is -5.49. The molecule has 354 valence electrons. The van der Waals surface area contributed by atoms with Crippen molar-refractivity contribution in [3.05, 3.63) is 60.0 Å². The number of para-hydroxylation sites is 2. The minimum Gasteiger partial charge on any atom is -0.496 e. The first-order valence-corrected chi connectivity index (χ1v) is 25.2. The zero-order chi connectivity index (χ0) is 47.4. The van der Waals surface area contributed by atoms with Crippen LogP contribution in [0.25, 0.3) is 32.9 Å². The molecule has 8 rings (SSSR count). The van der Waals surface area contributed by atoms with Gasteiger partial charge in [-0.2, -0.15) is 4.98 Å². The number of sulfonamides is 1. The van der Waals surface area contributed by atoms with Crippen molar-refractivity contribution < 1.29 is 41.8 Å². The summed E-state index contributed by atoms with van der Waals surface area (Å²) >= 11 is 1.48. The average Bonchev–Trinajstić information content (AvgIpc) is 3.82. The number of benzene rings is 2. The number of ether oxygens (including phenoxy) is 3. The highest BCUT2D eigenvalue weighted by atomic mass is 32.2. The fourth-order valence-corrected chi connectivity index (χ4v) is 11.3. The molecule has 3 fully saturated rings. The third-order valence-electron chi connectivity index (χ3n) is 13.3. The van der Waals surface area contributed by atoms with Gasteiger partial charge in [0.1, 0.15) is 45.6 Å². The van der Waals surface area contributed by atoms with Gasteiger partial charge in [-0.05, 0) is 104 Å². The Balaban J connectivity index is 1.14. The van der Waals surface area contributed by atoms with Gasteiger partial charge in [0.2, 0.25) is 21.8 Å². The second-order valence-electron chi connectivity index (χ2n) is 19.9. The van der Waals surface area contributed by atoms with E-state index in [0.717, 1.165) is 40.2 Å². The molecule has 4 aliphatic rings. The predicted molar refractivity (Wildman–Crippen MR) is 251 cm³/mol. The molecule has 4 heterocycles. The normalized spacial score (nSPS) is 25.5. The first-order chi connectivity index (χ1) is 31.2. The van der Waals surface area contributed by atoms with E-state index >= 15 is 0 Å². The largest absolute Gasteiger partial charge is 0.496 e. The van der Waals surface area contributed by atoms with Crippen LogP contribution in [0, 0.1) is 5.41 Å². The molecule has 5 unspecified atom stereocenters. The molecule has 18 heteroatoms. The number of carbonyl (C=O) groups excluding carboxylic acids is 4. The van der Waals surface area contributed by atoms with Crippen LogP contribution in [-0.4, -0.2) is 99.4 Å². The quantitative estimate of drug-likeness (QED) is 0.134. The molecule has 0 spiro atoms. The van der Waals surface area contributed by atoms with Gasteiger partial charge in [0, 0.05) is 34.4 Å². The number of carbonyl (C=O) groups is 4. The Morgan fingerprint density at radius 1 is 1.00 bits per heavy atom. The van der Waals surface area contributed by atoms with Gasteiger partial charge in [-0.25, -0.2) is 18.2 Å². The van der Waals surface area contributed by atoms with Crippen molar-refractivity contribution in [3.8, 4) is 33.6 Å². The summed E-state index contributed by atoms with van der Waals surface area (Å²) in [5.41, 5.74) is 0.560. The van der Waals surface area contributed by atoms with Crippen molar-refractivity contribution in [3.63, 3.8) is 0 Å². The van der Waals surface area contributed by atoms with Crippen molar-refractivity contribution in [2.45, 2.75) is 146 Å². The lowest BCUT2D eigenvalue weighted by atomic mass is 9.99. The smallest absolute Gasteiger partial charge is 0.408 e. The van der Waals surface area contributed by atoms with Crippen molar-refractivity contribution in [2.24, 2.45) is 5.41 Å². The van der Waals surface area contributed by atoms with E-state index in [4.69, 9.17) is 24.2 Å². The number of alkyl carbamates (subject to hydrolysis) is 1. The van der Waals surface area contributed by atoms with Crippen molar-refractivity contribution in [2.75, 3.05) is 13.7 Å². The molecule has 2 saturated carbocycles. The summed E-state index contributed by atoms with van der Waals surface area (Å²) in [7, 11) is -2.42. The van der Waals surface area contributed by atoms with Crippen LogP contribution in [0.2, 0.25) is 0 Å². The fourth-order valence-electron chi connectivity index (χ4n) is 9.15. The molecule has 0 radical (unpaired) electrons. The number of aromatic nitrogens is 3. The summed E-state index contributed by atoms with van der Waals surface area (Å²) in [5, 5.41) is 8.49. The summed E-state index contributed by atoms with van der Waals surface area (Å²) in [6.07, 6.45) is 6.42. The van der Waals surface area contributed by atoms with Crippen LogP contribution >= 0.6 is 11.3 Å².